The second-order valence-electron chi connectivity index (χ2n) is 4.51. The molecule has 0 aliphatic rings. The Kier molecular flexibility index (Phi) is 5.01. The van der Waals surface area contributed by atoms with E-state index in [0.717, 1.165) is 5.57 Å². The van der Waals surface area contributed by atoms with Gasteiger partial charge in [0, 0.05) is 23.8 Å². The van der Waals surface area contributed by atoms with Crippen LogP contribution in [0.1, 0.15) is 19.4 Å². The summed E-state index contributed by atoms with van der Waals surface area (Å²) in [5, 5.41) is 0.313. The number of rotatable bonds is 5. The molecule has 4 nitrogen and oxygen atoms in total. The minimum Gasteiger partial charge on any atom is -0.398 e. The van der Waals surface area contributed by atoms with Gasteiger partial charge in [-0.3, -0.25) is 0 Å². The number of halogens is 1. The van der Waals surface area contributed by atoms with Gasteiger partial charge in [-0.15, -0.1) is 0 Å². The number of nitrogen functional groups attached to an aromatic ring is 1. The second kappa shape index (κ2) is 5.94. The van der Waals surface area contributed by atoms with Crippen molar-refractivity contribution in [3.8, 4) is 0 Å². The van der Waals surface area contributed by atoms with Crippen LogP contribution < -0.4 is 5.73 Å². The van der Waals surface area contributed by atoms with E-state index in [2.05, 4.69) is 6.58 Å². The number of nitrogens with two attached hydrogens (primary N) is 1. The van der Waals surface area contributed by atoms with Crippen LogP contribution in [-0.2, 0) is 10.0 Å². The van der Waals surface area contributed by atoms with Crippen molar-refractivity contribution in [1.82, 2.24) is 4.31 Å². The molecule has 0 bridgehead atoms. The van der Waals surface area contributed by atoms with Crippen LogP contribution in [0.4, 0.5) is 5.69 Å². The zero-order chi connectivity index (χ0) is 14.8. The van der Waals surface area contributed by atoms with Crippen LogP contribution in [0.25, 0.3) is 0 Å². The SMILES string of the molecule is C=C(C)CN(CC)S(=O)(=O)c1cc(Cl)cc(N)c1C. The first-order chi connectivity index (χ1) is 8.70. The van der Waals surface area contributed by atoms with E-state index >= 15 is 0 Å². The Morgan fingerprint density at radius 3 is 2.53 bits per heavy atom. The highest BCUT2D eigenvalue weighted by Crippen LogP contribution is 2.28. The molecular weight excluding hydrogens is 284 g/mol. The number of likely N-dealkylation sites (N-methyl/N-ethyl adjacent to an activating group) is 1. The lowest BCUT2D eigenvalue weighted by Gasteiger charge is -2.22. The summed E-state index contributed by atoms with van der Waals surface area (Å²) < 4.78 is 26.5. The molecule has 0 saturated carbocycles. The molecule has 0 unspecified atom stereocenters. The van der Waals surface area contributed by atoms with E-state index < -0.39 is 10.0 Å². The van der Waals surface area contributed by atoms with Gasteiger partial charge in [-0.2, -0.15) is 4.31 Å². The number of hydrogen-bond acceptors (Lipinski definition) is 3. The average Bonchev–Trinajstić information content (AvgIpc) is 2.30. The van der Waals surface area contributed by atoms with Crippen LogP contribution in [0.3, 0.4) is 0 Å². The van der Waals surface area contributed by atoms with E-state index in [1.54, 1.807) is 26.8 Å². The average molecular weight is 303 g/mol. The predicted octanol–water partition coefficient (Wildman–Crippen LogP) is 2.82. The van der Waals surface area contributed by atoms with Gasteiger partial charge in [-0.1, -0.05) is 30.7 Å². The molecule has 1 rings (SSSR count). The van der Waals surface area contributed by atoms with Crippen molar-refractivity contribution in [3.05, 3.63) is 34.9 Å². The first-order valence-corrected chi connectivity index (χ1v) is 7.72. The van der Waals surface area contributed by atoms with Crippen LogP contribution in [0.5, 0.6) is 0 Å². The van der Waals surface area contributed by atoms with E-state index in [-0.39, 0.29) is 11.4 Å². The summed E-state index contributed by atoms with van der Waals surface area (Å²) in [6, 6.07) is 2.98. The monoisotopic (exact) mass is 302 g/mol. The van der Waals surface area contributed by atoms with Gasteiger partial charge in [0.15, 0.2) is 0 Å². The number of benzene rings is 1. The molecule has 2 N–H and O–H groups in total. The lowest BCUT2D eigenvalue weighted by atomic mass is 10.2. The third-order valence-corrected chi connectivity index (χ3v) is 5.05. The lowest BCUT2D eigenvalue weighted by Crippen LogP contribution is -2.32. The lowest BCUT2D eigenvalue weighted by molar-refractivity contribution is 0.452. The molecule has 1 aromatic rings. The summed E-state index contributed by atoms with van der Waals surface area (Å²) in [7, 11) is -3.61. The van der Waals surface area contributed by atoms with Gasteiger partial charge in [-0.05, 0) is 31.5 Å². The van der Waals surface area contributed by atoms with Gasteiger partial charge in [0.05, 0.1) is 4.90 Å². The fourth-order valence-electron chi connectivity index (χ4n) is 1.75. The maximum Gasteiger partial charge on any atom is 0.243 e. The molecule has 106 valence electrons. The van der Waals surface area contributed by atoms with Gasteiger partial charge in [-0.25, -0.2) is 8.42 Å². The normalized spacial score (nSPS) is 11.8. The van der Waals surface area contributed by atoms with Crippen molar-refractivity contribution >= 4 is 27.3 Å². The summed E-state index contributed by atoms with van der Waals surface area (Å²) in [6.45, 7) is 9.64. The molecule has 0 radical (unpaired) electrons. The molecule has 0 atom stereocenters. The Morgan fingerprint density at radius 1 is 1.47 bits per heavy atom. The van der Waals surface area contributed by atoms with Crippen molar-refractivity contribution in [3.63, 3.8) is 0 Å². The van der Waals surface area contributed by atoms with Gasteiger partial charge in [0.2, 0.25) is 10.0 Å². The number of sulfonamides is 1. The minimum atomic E-state index is -3.61. The fraction of sp³-hybridized carbons (Fsp3) is 0.385. The second-order valence-corrected chi connectivity index (χ2v) is 6.85. The maximum atomic E-state index is 12.6. The van der Waals surface area contributed by atoms with Crippen molar-refractivity contribution in [2.24, 2.45) is 0 Å². The van der Waals surface area contributed by atoms with Crippen LogP contribution in [-0.4, -0.2) is 25.8 Å². The largest absolute Gasteiger partial charge is 0.398 e. The molecule has 0 heterocycles. The third-order valence-electron chi connectivity index (χ3n) is 2.78. The van der Waals surface area contributed by atoms with E-state index in [1.165, 1.54) is 10.4 Å². The number of nitrogens with zero attached hydrogens (tertiary/aromatic N) is 1. The molecule has 0 amide bonds. The topological polar surface area (TPSA) is 63.4 Å². The Morgan fingerprint density at radius 2 is 2.05 bits per heavy atom. The molecule has 0 spiro atoms. The van der Waals surface area contributed by atoms with Crippen LogP contribution >= 0.6 is 11.6 Å². The van der Waals surface area contributed by atoms with Crippen molar-refractivity contribution in [2.75, 3.05) is 18.8 Å². The molecule has 0 aliphatic heterocycles. The number of hydrogen-bond donors (Lipinski definition) is 1. The van der Waals surface area contributed by atoms with Crippen LogP contribution in [0, 0.1) is 6.92 Å². The summed E-state index contributed by atoms with van der Waals surface area (Å²) in [5.41, 5.74) is 7.44. The Hall–Kier alpha value is -1.04. The summed E-state index contributed by atoms with van der Waals surface area (Å²) in [6.07, 6.45) is 0. The van der Waals surface area contributed by atoms with Crippen LogP contribution in [0.15, 0.2) is 29.2 Å². The highest BCUT2D eigenvalue weighted by molar-refractivity contribution is 7.89. The minimum absolute atomic E-state index is 0.153. The van der Waals surface area contributed by atoms with E-state index in [0.29, 0.717) is 22.8 Å². The first kappa shape index (κ1) is 16.0. The quantitative estimate of drug-likeness (QED) is 0.672. The highest BCUT2D eigenvalue weighted by Gasteiger charge is 2.26. The summed E-state index contributed by atoms with van der Waals surface area (Å²) >= 11 is 5.90. The number of anilines is 1. The molecular formula is C13H19ClN2O2S. The summed E-state index contributed by atoms with van der Waals surface area (Å²) in [4.78, 5) is 0.153. The maximum absolute atomic E-state index is 12.6. The molecule has 0 fully saturated rings. The predicted molar refractivity (Wildman–Crippen MR) is 79.8 cm³/mol. The zero-order valence-electron chi connectivity index (χ0n) is 11.4. The molecule has 6 heteroatoms. The Labute approximate surface area is 119 Å². The van der Waals surface area contributed by atoms with Crippen molar-refractivity contribution in [1.29, 1.82) is 0 Å². The molecule has 0 aliphatic carbocycles. The van der Waals surface area contributed by atoms with Crippen molar-refractivity contribution in [2.45, 2.75) is 25.7 Å². The Bertz CT molecular complexity index is 597. The zero-order valence-corrected chi connectivity index (χ0v) is 13.0. The highest BCUT2D eigenvalue weighted by atomic mass is 35.5. The van der Waals surface area contributed by atoms with Gasteiger partial charge in [0.1, 0.15) is 0 Å². The first-order valence-electron chi connectivity index (χ1n) is 5.90. The van der Waals surface area contributed by atoms with E-state index in [4.69, 9.17) is 17.3 Å². The van der Waals surface area contributed by atoms with Gasteiger partial charge in [0.25, 0.3) is 0 Å². The van der Waals surface area contributed by atoms with Crippen molar-refractivity contribution < 1.29 is 8.42 Å². The van der Waals surface area contributed by atoms with Gasteiger partial charge < -0.3 is 5.73 Å². The third kappa shape index (κ3) is 3.49. The smallest absolute Gasteiger partial charge is 0.243 e. The molecule has 0 saturated heterocycles. The molecule has 19 heavy (non-hydrogen) atoms. The van der Waals surface area contributed by atoms with Crippen LogP contribution in [0.2, 0.25) is 5.02 Å². The molecule has 1 aromatic carbocycles. The van der Waals surface area contributed by atoms with E-state index in [9.17, 15) is 8.42 Å². The molecule has 0 aromatic heterocycles. The van der Waals surface area contributed by atoms with Gasteiger partial charge >= 0.3 is 0 Å². The summed E-state index contributed by atoms with van der Waals surface area (Å²) in [5.74, 6) is 0. The standard InChI is InChI=1S/C13H19ClN2O2S/c1-5-16(8-9(2)3)19(17,18)13-7-11(14)6-12(15)10(13)4/h6-7H,2,5,8,15H2,1,3-4H3. The fourth-order valence-corrected chi connectivity index (χ4v) is 3.83. The van der Waals surface area contributed by atoms with E-state index in [1.807, 2.05) is 0 Å². The Balaban J connectivity index is 3.37.